The number of aromatic nitrogens is 1. The third kappa shape index (κ3) is 4.54. The number of nitrogens with two attached hydrogens (primary N) is 1. The summed E-state index contributed by atoms with van der Waals surface area (Å²) < 4.78 is 0. The third-order valence-electron chi connectivity index (χ3n) is 6.10. The second kappa shape index (κ2) is 8.25. The van der Waals surface area contributed by atoms with E-state index in [4.69, 9.17) is 5.73 Å². The first-order chi connectivity index (χ1) is 11.3. The zero-order valence-electron chi connectivity index (χ0n) is 14.7. The summed E-state index contributed by atoms with van der Waals surface area (Å²) in [6.45, 7) is 2.11. The number of aryl methyl sites for hydroxylation is 1. The molecule has 0 spiro atoms. The molecule has 0 amide bonds. The molecule has 1 aromatic rings. The van der Waals surface area contributed by atoms with Gasteiger partial charge in [0.2, 0.25) is 0 Å². The minimum Gasteiger partial charge on any atom is -0.330 e. The number of likely N-dealkylation sites (tertiary alicyclic amines) is 1. The molecule has 3 rings (SSSR count). The molecule has 2 heterocycles. The molecule has 2 N–H and O–H groups in total. The van der Waals surface area contributed by atoms with Gasteiger partial charge in [-0.2, -0.15) is 0 Å². The lowest BCUT2D eigenvalue weighted by atomic mass is 9.80. The first-order valence-corrected chi connectivity index (χ1v) is 9.60. The van der Waals surface area contributed by atoms with Gasteiger partial charge in [-0.25, -0.2) is 0 Å². The van der Waals surface area contributed by atoms with E-state index in [2.05, 4.69) is 35.4 Å². The maximum Gasteiger partial charge on any atom is 0.0360 e. The van der Waals surface area contributed by atoms with Gasteiger partial charge in [-0.3, -0.25) is 9.88 Å². The average Bonchev–Trinajstić information content (AvgIpc) is 3.02. The second-order valence-electron chi connectivity index (χ2n) is 7.78. The summed E-state index contributed by atoms with van der Waals surface area (Å²) in [5.74, 6) is 1.74. The van der Waals surface area contributed by atoms with Crippen molar-refractivity contribution in [2.75, 3.05) is 20.1 Å². The highest BCUT2D eigenvalue weighted by Crippen LogP contribution is 2.32. The van der Waals surface area contributed by atoms with E-state index in [-0.39, 0.29) is 0 Å². The molecular weight excluding hydrogens is 282 g/mol. The van der Waals surface area contributed by atoms with E-state index < -0.39 is 0 Å². The molecule has 0 radical (unpaired) electrons. The molecule has 3 heteroatoms. The van der Waals surface area contributed by atoms with E-state index in [0.29, 0.717) is 6.04 Å². The van der Waals surface area contributed by atoms with Gasteiger partial charge in [0.25, 0.3) is 0 Å². The Labute approximate surface area is 141 Å². The van der Waals surface area contributed by atoms with Crippen molar-refractivity contribution < 1.29 is 0 Å². The predicted molar refractivity (Wildman–Crippen MR) is 96.3 cm³/mol. The minimum absolute atomic E-state index is 0.592. The molecule has 1 aliphatic carbocycles. The first-order valence-electron chi connectivity index (χ1n) is 9.60. The van der Waals surface area contributed by atoms with E-state index >= 15 is 0 Å². The van der Waals surface area contributed by atoms with Crippen LogP contribution < -0.4 is 5.73 Å². The van der Waals surface area contributed by atoms with Gasteiger partial charge in [-0.1, -0.05) is 25.3 Å². The molecule has 2 aliphatic rings. The maximum atomic E-state index is 5.79. The van der Waals surface area contributed by atoms with Crippen molar-refractivity contribution in [3.63, 3.8) is 0 Å². The fourth-order valence-corrected chi connectivity index (χ4v) is 4.51. The van der Waals surface area contributed by atoms with Crippen molar-refractivity contribution in [1.29, 1.82) is 0 Å². The minimum atomic E-state index is 0.592. The lowest BCUT2D eigenvalue weighted by molar-refractivity contribution is 0.264. The van der Waals surface area contributed by atoms with Crippen LogP contribution in [0.3, 0.4) is 0 Å². The molecule has 0 aromatic carbocycles. The van der Waals surface area contributed by atoms with Crippen LogP contribution in [-0.4, -0.2) is 30.0 Å². The van der Waals surface area contributed by atoms with Crippen LogP contribution in [0.1, 0.15) is 68.5 Å². The summed E-state index contributed by atoms with van der Waals surface area (Å²) >= 11 is 0. The summed E-state index contributed by atoms with van der Waals surface area (Å²) in [6, 6.07) is 3.00. The van der Waals surface area contributed by atoms with Crippen molar-refractivity contribution in [3.05, 3.63) is 29.6 Å². The van der Waals surface area contributed by atoms with Gasteiger partial charge in [-0.15, -0.1) is 0 Å². The highest BCUT2D eigenvalue weighted by molar-refractivity contribution is 5.22. The van der Waals surface area contributed by atoms with E-state index in [1.165, 1.54) is 75.5 Å². The maximum absolute atomic E-state index is 5.79. The zero-order valence-corrected chi connectivity index (χ0v) is 14.7. The number of rotatable bonds is 6. The third-order valence-corrected chi connectivity index (χ3v) is 6.10. The van der Waals surface area contributed by atoms with Gasteiger partial charge in [0.05, 0.1) is 0 Å². The zero-order chi connectivity index (χ0) is 16.1. The standard InChI is InChI=1S/C20H33N3/c1-23-11-3-6-20(23)19-12-18(14-22-15-19)5-2-4-16-7-9-17(13-21)10-8-16/h12,14-17,20H,2-11,13,21H2,1H3. The van der Waals surface area contributed by atoms with Crippen molar-refractivity contribution in [2.45, 2.75) is 63.8 Å². The molecule has 1 unspecified atom stereocenters. The van der Waals surface area contributed by atoms with Crippen LogP contribution in [0, 0.1) is 11.8 Å². The van der Waals surface area contributed by atoms with Crippen molar-refractivity contribution in [3.8, 4) is 0 Å². The van der Waals surface area contributed by atoms with Gasteiger partial charge in [0.1, 0.15) is 0 Å². The largest absolute Gasteiger partial charge is 0.330 e. The molecule has 1 aromatic heterocycles. The smallest absolute Gasteiger partial charge is 0.0360 e. The van der Waals surface area contributed by atoms with Crippen LogP contribution in [0.2, 0.25) is 0 Å². The van der Waals surface area contributed by atoms with Crippen molar-refractivity contribution in [2.24, 2.45) is 17.6 Å². The molecule has 3 nitrogen and oxygen atoms in total. The van der Waals surface area contributed by atoms with E-state index in [0.717, 1.165) is 18.4 Å². The lowest BCUT2D eigenvalue weighted by Crippen LogP contribution is -2.21. The first kappa shape index (κ1) is 16.9. The van der Waals surface area contributed by atoms with Gasteiger partial charge >= 0.3 is 0 Å². The summed E-state index contributed by atoms with van der Waals surface area (Å²) in [7, 11) is 2.24. The Balaban J connectivity index is 1.45. The second-order valence-corrected chi connectivity index (χ2v) is 7.78. The molecule has 1 aliphatic heterocycles. The SMILES string of the molecule is CN1CCCC1c1cncc(CCCC2CCC(CN)CC2)c1. The molecular formula is C20H33N3. The van der Waals surface area contributed by atoms with Gasteiger partial charge in [0.15, 0.2) is 0 Å². The van der Waals surface area contributed by atoms with Gasteiger partial charge in [-0.05, 0) is 81.6 Å². The number of pyridine rings is 1. The molecule has 1 saturated carbocycles. The molecule has 23 heavy (non-hydrogen) atoms. The van der Waals surface area contributed by atoms with Gasteiger partial charge < -0.3 is 5.73 Å². The Morgan fingerprint density at radius 1 is 1.13 bits per heavy atom. The summed E-state index contributed by atoms with van der Waals surface area (Å²) in [4.78, 5) is 6.98. The number of hydrogen-bond donors (Lipinski definition) is 1. The lowest BCUT2D eigenvalue weighted by Gasteiger charge is -2.27. The van der Waals surface area contributed by atoms with Crippen LogP contribution >= 0.6 is 0 Å². The summed E-state index contributed by atoms with van der Waals surface area (Å²) in [5.41, 5.74) is 8.64. The van der Waals surface area contributed by atoms with Crippen LogP contribution in [-0.2, 0) is 6.42 Å². The van der Waals surface area contributed by atoms with Crippen LogP contribution in [0.4, 0.5) is 0 Å². The quantitative estimate of drug-likeness (QED) is 0.864. The summed E-state index contributed by atoms with van der Waals surface area (Å²) in [6.07, 6.45) is 16.1. The van der Waals surface area contributed by atoms with Crippen LogP contribution in [0.15, 0.2) is 18.5 Å². The molecule has 2 fully saturated rings. The highest BCUT2D eigenvalue weighted by Gasteiger charge is 2.23. The van der Waals surface area contributed by atoms with E-state index in [9.17, 15) is 0 Å². The van der Waals surface area contributed by atoms with E-state index in [1.54, 1.807) is 0 Å². The molecule has 1 atom stereocenters. The topological polar surface area (TPSA) is 42.2 Å². The predicted octanol–water partition coefficient (Wildman–Crippen LogP) is 3.94. The molecule has 128 valence electrons. The Morgan fingerprint density at radius 3 is 2.61 bits per heavy atom. The number of nitrogens with zero attached hydrogens (tertiary/aromatic N) is 2. The van der Waals surface area contributed by atoms with E-state index in [1.807, 2.05) is 0 Å². The fourth-order valence-electron chi connectivity index (χ4n) is 4.51. The van der Waals surface area contributed by atoms with Gasteiger partial charge in [0, 0.05) is 18.4 Å². The Bertz CT molecular complexity index is 480. The van der Waals surface area contributed by atoms with Crippen LogP contribution in [0.25, 0.3) is 0 Å². The number of hydrogen-bond acceptors (Lipinski definition) is 3. The molecule has 1 saturated heterocycles. The normalized spacial score (nSPS) is 29.0. The fraction of sp³-hybridized carbons (Fsp3) is 0.750. The van der Waals surface area contributed by atoms with Crippen molar-refractivity contribution in [1.82, 2.24) is 9.88 Å². The Morgan fingerprint density at radius 2 is 1.91 bits per heavy atom. The highest BCUT2D eigenvalue weighted by atomic mass is 15.1. The monoisotopic (exact) mass is 315 g/mol. The molecule has 0 bridgehead atoms. The van der Waals surface area contributed by atoms with Crippen LogP contribution in [0.5, 0.6) is 0 Å². The van der Waals surface area contributed by atoms with Crippen molar-refractivity contribution >= 4 is 0 Å². The Hall–Kier alpha value is -0.930. The summed E-state index contributed by atoms with van der Waals surface area (Å²) in [5, 5.41) is 0. The average molecular weight is 316 g/mol. The Kier molecular flexibility index (Phi) is 6.07.